The summed E-state index contributed by atoms with van der Waals surface area (Å²) in [5.74, 6) is -0.447. The lowest BCUT2D eigenvalue weighted by Gasteiger charge is -1.97. The number of hydroxylamine groups is 1. The van der Waals surface area contributed by atoms with E-state index in [1.54, 1.807) is 12.2 Å². The summed E-state index contributed by atoms with van der Waals surface area (Å²) in [7, 11) is 1.31. The molecule has 2 N–H and O–H groups in total. The number of nitrogens with one attached hydrogen (secondary N) is 1. The Balaban J connectivity index is 4.54. The number of hydrogen-bond acceptors (Lipinski definition) is 4. The number of esters is 1. The molecular weight excluding hydrogens is 182 g/mol. The van der Waals surface area contributed by atoms with Crippen molar-refractivity contribution in [1.29, 1.82) is 0 Å². The predicted molar refractivity (Wildman–Crippen MR) is 53.6 cm³/mol. The highest BCUT2D eigenvalue weighted by atomic mass is 16.5. The van der Waals surface area contributed by atoms with E-state index in [1.165, 1.54) is 19.4 Å². The summed E-state index contributed by atoms with van der Waals surface area (Å²) in [5, 5.41) is 8.31. The minimum Gasteiger partial charge on any atom is -0.465 e. The van der Waals surface area contributed by atoms with Gasteiger partial charge in [0.25, 0.3) is 0 Å². The van der Waals surface area contributed by atoms with Gasteiger partial charge in [-0.05, 0) is 18.6 Å². The maximum absolute atomic E-state index is 11.1. The monoisotopic (exact) mass is 197 g/mol. The Labute approximate surface area is 83.5 Å². The second-order valence-electron chi connectivity index (χ2n) is 2.41. The Bertz CT molecular complexity index is 254. The molecule has 0 aliphatic heterocycles. The van der Waals surface area contributed by atoms with Crippen LogP contribution in [0.2, 0.25) is 0 Å². The van der Waals surface area contributed by atoms with Gasteiger partial charge in [-0.15, -0.1) is 0 Å². The van der Waals surface area contributed by atoms with Crippen molar-refractivity contribution in [3.8, 4) is 0 Å². The summed E-state index contributed by atoms with van der Waals surface area (Å²) < 4.78 is 4.54. The van der Waals surface area contributed by atoms with Crippen LogP contribution in [0, 0.1) is 0 Å². The Morgan fingerprint density at radius 3 is 2.79 bits per heavy atom. The van der Waals surface area contributed by atoms with Crippen LogP contribution >= 0.6 is 0 Å². The number of ether oxygens (including phenoxy) is 1. The van der Waals surface area contributed by atoms with E-state index in [-0.39, 0.29) is 0 Å². The van der Waals surface area contributed by atoms with Gasteiger partial charge in [-0.2, -0.15) is 0 Å². The second-order valence-corrected chi connectivity index (χ2v) is 2.41. The second kappa shape index (κ2) is 8.07. The zero-order valence-corrected chi connectivity index (χ0v) is 8.36. The smallest absolute Gasteiger partial charge is 0.337 e. The van der Waals surface area contributed by atoms with Crippen LogP contribution in [0.1, 0.15) is 13.3 Å². The third kappa shape index (κ3) is 5.16. The van der Waals surface area contributed by atoms with Gasteiger partial charge in [0, 0.05) is 6.20 Å². The highest BCUT2D eigenvalue weighted by Crippen LogP contribution is 2.00. The standard InChI is InChI=1S/C10H15NO3/c1-3-4-5-6-9(7-8-11-13)10(12)14-2/h4-8,11,13H,3H2,1-2H3/b5-4?,8-7-,9-6+. The largest absolute Gasteiger partial charge is 0.465 e. The zero-order chi connectivity index (χ0) is 10.8. The van der Waals surface area contributed by atoms with Crippen LogP contribution in [0.4, 0.5) is 0 Å². The molecule has 78 valence electrons. The molecule has 0 aliphatic carbocycles. The molecule has 0 spiro atoms. The fourth-order valence-corrected chi connectivity index (χ4v) is 0.744. The third-order valence-corrected chi connectivity index (χ3v) is 1.41. The van der Waals surface area contributed by atoms with Crippen molar-refractivity contribution >= 4 is 5.97 Å². The number of hydrogen-bond donors (Lipinski definition) is 2. The molecule has 4 heteroatoms. The first-order valence-electron chi connectivity index (χ1n) is 4.27. The molecule has 0 aromatic carbocycles. The predicted octanol–water partition coefficient (Wildman–Crippen LogP) is 1.54. The first-order valence-corrected chi connectivity index (χ1v) is 4.27. The summed E-state index contributed by atoms with van der Waals surface area (Å²) in [4.78, 5) is 11.1. The minimum atomic E-state index is -0.447. The zero-order valence-electron chi connectivity index (χ0n) is 8.36. The van der Waals surface area contributed by atoms with E-state index < -0.39 is 5.97 Å². The van der Waals surface area contributed by atoms with Gasteiger partial charge in [0.1, 0.15) is 0 Å². The molecule has 0 bridgehead atoms. The van der Waals surface area contributed by atoms with E-state index in [0.717, 1.165) is 6.42 Å². The average Bonchev–Trinajstić information content (AvgIpc) is 2.22. The highest BCUT2D eigenvalue weighted by Gasteiger charge is 2.03. The molecule has 0 aromatic heterocycles. The fourth-order valence-electron chi connectivity index (χ4n) is 0.744. The van der Waals surface area contributed by atoms with Gasteiger partial charge in [-0.3, -0.25) is 10.7 Å². The van der Waals surface area contributed by atoms with Gasteiger partial charge < -0.3 is 4.74 Å². The Morgan fingerprint density at radius 2 is 2.29 bits per heavy atom. The molecule has 0 atom stereocenters. The van der Waals surface area contributed by atoms with Gasteiger partial charge in [-0.1, -0.05) is 19.1 Å². The summed E-state index contributed by atoms with van der Waals surface area (Å²) in [5.41, 5.74) is 2.17. The van der Waals surface area contributed by atoms with Gasteiger partial charge in [0.2, 0.25) is 0 Å². The lowest BCUT2D eigenvalue weighted by Crippen LogP contribution is -2.03. The van der Waals surface area contributed by atoms with Crippen LogP contribution in [0.15, 0.2) is 36.1 Å². The van der Waals surface area contributed by atoms with Gasteiger partial charge >= 0.3 is 5.97 Å². The van der Waals surface area contributed by atoms with Crippen molar-refractivity contribution in [3.05, 3.63) is 36.1 Å². The van der Waals surface area contributed by atoms with Crippen molar-refractivity contribution in [3.63, 3.8) is 0 Å². The Hall–Kier alpha value is -1.55. The van der Waals surface area contributed by atoms with Crippen molar-refractivity contribution in [2.24, 2.45) is 0 Å². The Kier molecular flexibility index (Phi) is 7.17. The molecule has 0 saturated carbocycles. The number of methoxy groups -OCH3 is 1. The number of rotatable bonds is 5. The van der Waals surface area contributed by atoms with Crippen LogP contribution < -0.4 is 5.48 Å². The summed E-state index contributed by atoms with van der Waals surface area (Å²) >= 11 is 0. The number of allylic oxidation sites excluding steroid dienone is 3. The summed E-state index contributed by atoms with van der Waals surface area (Å²) in [6.45, 7) is 1.99. The SMILES string of the molecule is CCC=C/C=C(\C=C/NO)C(=O)OC. The summed E-state index contributed by atoms with van der Waals surface area (Å²) in [6.07, 6.45) is 8.83. The third-order valence-electron chi connectivity index (χ3n) is 1.41. The molecule has 0 heterocycles. The molecule has 0 saturated heterocycles. The fraction of sp³-hybridized carbons (Fsp3) is 0.300. The molecular formula is C10H15NO3. The van der Waals surface area contributed by atoms with Gasteiger partial charge in [0.05, 0.1) is 12.7 Å². The maximum Gasteiger partial charge on any atom is 0.337 e. The lowest BCUT2D eigenvalue weighted by molar-refractivity contribution is -0.135. The molecule has 0 rings (SSSR count). The first kappa shape index (κ1) is 12.4. The topological polar surface area (TPSA) is 58.6 Å². The van der Waals surface area contributed by atoms with Crippen LogP contribution in [-0.2, 0) is 9.53 Å². The van der Waals surface area contributed by atoms with E-state index in [1.807, 2.05) is 18.5 Å². The summed E-state index contributed by atoms with van der Waals surface area (Å²) in [6, 6.07) is 0. The normalized spacial score (nSPS) is 12.4. The molecule has 14 heavy (non-hydrogen) atoms. The minimum absolute atomic E-state index is 0.360. The maximum atomic E-state index is 11.1. The van der Waals surface area contributed by atoms with Crippen LogP contribution in [0.25, 0.3) is 0 Å². The van der Waals surface area contributed by atoms with E-state index in [0.29, 0.717) is 5.57 Å². The van der Waals surface area contributed by atoms with Crippen molar-refractivity contribution in [2.75, 3.05) is 7.11 Å². The van der Waals surface area contributed by atoms with Gasteiger partial charge in [0.15, 0.2) is 0 Å². The van der Waals surface area contributed by atoms with Crippen molar-refractivity contribution in [2.45, 2.75) is 13.3 Å². The van der Waals surface area contributed by atoms with E-state index in [4.69, 9.17) is 5.21 Å². The molecule has 0 aromatic rings. The van der Waals surface area contributed by atoms with Crippen molar-refractivity contribution < 1.29 is 14.7 Å². The number of carbonyl (C=O) groups is 1. The van der Waals surface area contributed by atoms with Gasteiger partial charge in [-0.25, -0.2) is 4.79 Å². The molecule has 0 aliphatic rings. The van der Waals surface area contributed by atoms with Crippen LogP contribution in [-0.4, -0.2) is 18.3 Å². The van der Waals surface area contributed by atoms with E-state index >= 15 is 0 Å². The molecule has 0 radical (unpaired) electrons. The molecule has 0 fully saturated rings. The molecule has 0 amide bonds. The van der Waals surface area contributed by atoms with Crippen LogP contribution in [0.3, 0.4) is 0 Å². The number of carbonyl (C=O) groups excluding carboxylic acids is 1. The van der Waals surface area contributed by atoms with E-state index in [2.05, 4.69) is 4.74 Å². The average molecular weight is 197 g/mol. The van der Waals surface area contributed by atoms with E-state index in [9.17, 15) is 4.79 Å². The Morgan fingerprint density at radius 1 is 1.57 bits per heavy atom. The van der Waals surface area contributed by atoms with Crippen LogP contribution in [0.5, 0.6) is 0 Å². The lowest BCUT2D eigenvalue weighted by atomic mass is 10.2. The highest BCUT2D eigenvalue weighted by molar-refractivity contribution is 5.91. The molecule has 4 nitrogen and oxygen atoms in total. The first-order chi connectivity index (χ1) is 6.76. The molecule has 0 unspecified atom stereocenters. The quantitative estimate of drug-likeness (QED) is 0.304. The van der Waals surface area contributed by atoms with Crippen molar-refractivity contribution in [1.82, 2.24) is 5.48 Å².